The third-order valence-electron chi connectivity index (χ3n) is 4.84. The smallest absolute Gasteiger partial charge is 0.265 e. The van der Waals surface area contributed by atoms with E-state index in [0.29, 0.717) is 33.3 Å². The zero-order chi connectivity index (χ0) is 23.4. The van der Waals surface area contributed by atoms with Crippen molar-refractivity contribution in [2.75, 3.05) is 25.2 Å². The van der Waals surface area contributed by atoms with E-state index >= 15 is 0 Å². The van der Waals surface area contributed by atoms with Gasteiger partial charge in [-0.1, -0.05) is 61.2 Å². The van der Waals surface area contributed by atoms with Crippen molar-refractivity contribution in [2.24, 2.45) is 0 Å². The Morgan fingerprint density at radius 3 is 2.47 bits per heavy atom. The summed E-state index contributed by atoms with van der Waals surface area (Å²) in [5, 5.41) is 12.5. The number of nitrogens with zero attached hydrogens (tertiary/aromatic N) is 5. The molecule has 3 rings (SSSR count). The van der Waals surface area contributed by atoms with Crippen LogP contribution < -0.4 is 5.32 Å². The Hall–Kier alpha value is -2.72. The van der Waals surface area contributed by atoms with Crippen LogP contribution >= 0.6 is 23.1 Å². The van der Waals surface area contributed by atoms with E-state index in [1.54, 1.807) is 21.0 Å². The van der Waals surface area contributed by atoms with Crippen molar-refractivity contribution in [3.63, 3.8) is 0 Å². The summed E-state index contributed by atoms with van der Waals surface area (Å²) >= 11 is 2.51. The first-order valence-corrected chi connectivity index (χ1v) is 12.2. The molecule has 1 N–H and O–H groups in total. The Bertz CT molecular complexity index is 1100. The number of hydrogen-bond donors (Lipinski definition) is 1. The van der Waals surface area contributed by atoms with Crippen LogP contribution in [0.3, 0.4) is 0 Å². The number of hydrogen-bond acceptors (Lipinski definition) is 7. The monoisotopic (exact) mass is 472 g/mol. The van der Waals surface area contributed by atoms with Crippen LogP contribution in [0.15, 0.2) is 29.4 Å². The number of anilines is 1. The molecule has 0 saturated heterocycles. The Morgan fingerprint density at radius 1 is 1.19 bits per heavy atom. The summed E-state index contributed by atoms with van der Waals surface area (Å²) in [6.07, 6.45) is 0. The summed E-state index contributed by atoms with van der Waals surface area (Å²) in [6.45, 7) is 8.81. The number of carbonyl (C=O) groups excluding carboxylic acids is 2. The summed E-state index contributed by atoms with van der Waals surface area (Å²) in [4.78, 5) is 31.0. The van der Waals surface area contributed by atoms with Crippen molar-refractivity contribution < 1.29 is 9.59 Å². The molecule has 0 spiro atoms. The molecule has 0 aliphatic rings. The van der Waals surface area contributed by atoms with Crippen molar-refractivity contribution in [3.05, 3.63) is 40.4 Å². The minimum absolute atomic E-state index is 0.125. The van der Waals surface area contributed by atoms with Crippen molar-refractivity contribution in [3.8, 4) is 11.4 Å². The second-order valence-corrected chi connectivity index (χ2v) is 9.74. The SMILES string of the molecule is CCn1c(SCC(=O)Nc2nc(C)c(C(=O)N(C)C)s2)nnc1-c1ccc(C(C)C)cc1. The van der Waals surface area contributed by atoms with Gasteiger partial charge in [0, 0.05) is 26.2 Å². The molecule has 0 bridgehead atoms. The highest BCUT2D eigenvalue weighted by Crippen LogP contribution is 2.27. The highest BCUT2D eigenvalue weighted by Gasteiger charge is 2.19. The second kappa shape index (κ2) is 10.3. The zero-order valence-corrected chi connectivity index (χ0v) is 20.8. The number of nitrogens with one attached hydrogen (secondary N) is 1. The molecule has 8 nitrogen and oxygen atoms in total. The maximum absolute atomic E-state index is 12.5. The summed E-state index contributed by atoms with van der Waals surface area (Å²) in [7, 11) is 3.38. The molecule has 3 aromatic rings. The van der Waals surface area contributed by atoms with Crippen molar-refractivity contribution >= 4 is 40.0 Å². The minimum Gasteiger partial charge on any atom is -0.344 e. The van der Waals surface area contributed by atoms with Gasteiger partial charge < -0.3 is 14.8 Å². The van der Waals surface area contributed by atoms with E-state index in [1.165, 1.54) is 33.6 Å². The molecular formula is C22H28N6O2S2. The normalized spacial score (nSPS) is 11.1. The van der Waals surface area contributed by atoms with E-state index in [9.17, 15) is 9.59 Å². The molecule has 0 aliphatic heterocycles. The Kier molecular flexibility index (Phi) is 7.68. The summed E-state index contributed by atoms with van der Waals surface area (Å²) in [5.41, 5.74) is 2.88. The topological polar surface area (TPSA) is 93.0 Å². The molecule has 2 aromatic heterocycles. The van der Waals surface area contributed by atoms with E-state index < -0.39 is 0 Å². The van der Waals surface area contributed by atoms with Crippen LogP contribution in [-0.4, -0.2) is 56.3 Å². The molecule has 32 heavy (non-hydrogen) atoms. The fourth-order valence-electron chi connectivity index (χ4n) is 3.05. The van der Waals surface area contributed by atoms with E-state index in [-0.39, 0.29) is 17.6 Å². The van der Waals surface area contributed by atoms with Gasteiger partial charge in [-0.2, -0.15) is 0 Å². The van der Waals surface area contributed by atoms with Gasteiger partial charge >= 0.3 is 0 Å². The van der Waals surface area contributed by atoms with Crippen molar-refractivity contribution in [2.45, 2.75) is 45.3 Å². The molecule has 1 aromatic carbocycles. The highest BCUT2D eigenvalue weighted by molar-refractivity contribution is 7.99. The van der Waals surface area contributed by atoms with Crippen LogP contribution in [0.4, 0.5) is 5.13 Å². The van der Waals surface area contributed by atoms with Gasteiger partial charge in [0.15, 0.2) is 16.1 Å². The third kappa shape index (κ3) is 5.36. The van der Waals surface area contributed by atoms with Crippen LogP contribution in [-0.2, 0) is 11.3 Å². The average molecular weight is 473 g/mol. The van der Waals surface area contributed by atoms with E-state index in [0.717, 1.165) is 11.4 Å². The molecule has 0 atom stereocenters. The number of amides is 2. The molecular weight excluding hydrogens is 444 g/mol. The van der Waals surface area contributed by atoms with E-state index in [4.69, 9.17) is 0 Å². The number of aromatic nitrogens is 4. The van der Waals surface area contributed by atoms with Gasteiger partial charge in [-0.05, 0) is 25.3 Å². The number of thioether (sulfide) groups is 1. The maximum Gasteiger partial charge on any atom is 0.265 e. The van der Waals surface area contributed by atoms with E-state index in [2.05, 4.69) is 58.6 Å². The quantitative estimate of drug-likeness (QED) is 0.492. The molecule has 0 radical (unpaired) electrons. The summed E-state index contributed by atoms with van der Waals surface area (Å²) in [6, 6.07) is 8.34. The lowest BCUT2D eigenvalue weighted by molar-refractivity contribution is -0.113. The zero-order valence-electron chi connectivity index (χ0n) is 19.2. The molecule has 0 saturated carbocycles. The standard InChI is InChI=1S/C22H28N6O2S2/c1-7-28-19(16-10-8-15(9-11-16)13(2)3)25-26-22(28)31-12-17(29)24-21-23-14(4)18(32-21)20(30)27(5)6/h8-11,13H,7,12H2,1-6H3,(H,23,24,29). The number of benzene rings is 1. The van der Waals surface area contributed by atoms with Crippen LogP contribution in [0.1, 0.15) is 47.6 Å². The predicted molar refractivity (Wildman–Crippen MR) is 129 cm³/mol. The Morgan fingerprint density at radius 2 is 1.88 bits per heavy atom. The van der Waals surface area contributed by atoms with Crippen LogP contribution in [0.25, 0.3) is 11.4 Å². The fourth-order valence-corrected chi connectivity index (χ4v) is 4.85. The lowest BCUT2D eigenvalue weighted by Gasteiger charge is -2.09. The second-order valence-electron chi connectivity index (χ2n) is 7.80. The van der Waals surface area contributed by atoms with Crippen LogP contribution in [0.5, 0.6) is 0 Å². The van der Waals surface area contributed by atoms with Gasteiger partial charge in [0.05, 0.1) is 11.4 Å². The average Bonchev–Trinajstić information content (AvgIpc) is 3.34. The van der Waals surface area contributed by atoms with Gasteiger partial charge in [-0.3, -0.25) is 9.59 Å². The van der Waals surface area contributed by atoms with Gasteiger partial charge in [0.1, 0.15) is 4.88 Å². The predicted octanol–water partition coefficient (Wildman–Crippen LogP) is 4.29. The molecule has 0 aliphatic carbocycles. The van der Waals surface area contributed by atoms with Gasteiger partial charge in [-0.25, -0.2) is 4.98 Å². The van der Waals surface area contributed by atoms with Gasteiger partial charge in [-0.15, -0.1) is 10.2 Å². The van der Waals surface area contributed by atoms with Crippen LogP contribution in [0.2, 0.25) is 0 Å². The largest absolute Gasteiger partial charge is 0.344 e. The van der Waals surface area contributed by atoms with Crippen LogP contribution in [0, 0.1) is 6.92 Å². The van der Waals surface area contributed by atoms with E-state index in [1.807, 2.05) is 11.5 Å². The fraction of sp³-hybridized carbons (Fsp3) is 0.409. The number of thiazole rings is 1. The first kappa shape index (κ1) is 23.9. The lowest BCUT2D eigenvalue weighted by atomic mass is 10.0. The third-order valence-corrected chi connectivity index (χ3v) is 6.87. The Balaban J connectivity index is 1.66. The van der Waals surface area contributed by atoms with Gasteiger partial charge in [0.2, 0.25) is 5.91 Å². The molecule has 10 heteroatoms. The number of carbonyl (C=O) groups is 2. The summed E-state index contributed by atoms with van der Waals surface area (Å²) in [5.74, 6) is 1.09. The molecule has 0 unspecified atom stereocenters. The number of aryl methyl sites for hydroxylation is 1. The molecule has 0 fully saturated rings. The maximum atomic E-state index is 12.5. The Labute approximate surface area is 196 Å². The van der Waals surface area contributed by atoms with Crippen molar-refractivity contribution in [1.29, 1.82) is 0 Å². The van der Waals surface area contributed by atoms with Crippen molar-refractivity contribution in [1.82, 2.24) is 24.6 Å². The minimum atomic E-state index is -0.207. The lowest BCUT2D eigenvalue weighted by Crippen LogP contribution is -2.21. The first-order valence-electron chi connectivity index (χ1n) is 10.4. The summed E-state index contributed by atoms with van der Waals surface area (Å²) < 4.78 is 2.00. The molecule has 2 heterocycles. The first-order chi connectivity index (χ1) is 15.2. The number of rotatable bonds is 8. The highest BCUT2D eigenvalue weighted by atomic mass is 32.2. The molecule has 2 amide bonds. The molecule has 170 valence electrons. The van der Waals surface area contributed by atoms with Gasteiger partial charge in [0.25, 0.3) is 5.91 Å².